The van der Waals surface area contributed by atoms with Gasteiger partial charge in [-0.25, -0.2) is 19.3 Å². The van der Waals surface area contributed by atoms with Gasteiger partial charge in [-0.05, 0) is 25.5 Å². The third-order valence-corrected chi connectivity index (χ3v) is 5.71. The number of benzene rings is 1. The Bertz CT molecular complexity index is 1360. The van der Waals surface area contributed by atoms with Crippen LogP contribution in [-0.2, 0) is 0 Å². The molecule has 5 rings (SSSR count). The van der Waals surface area contributed by atoms with Gasteiger partial charge in [-0.1, -0.05) is 12.1 Å². The summed E-state index contributed by atoms with van der Waals surface area (Å²) in [5, 5.41) is 16.6. The monoisotopic (exact) mass is 475 g/mol. The predicted molar refractivity (Wildman–Crippen MR) is 119 cm³/mol. The van der Waals surface area contributed by atoms with Crippen molar-refractivity contribution < 1.29 is 22.7 Å². The SMILES string of the molecule is Cc1nc2ccccc2nc1-c1cc2nc(N3CC[C@@H](F)C3)cc(NC[C@H](O)C(F)(F)F)n2n1. The fourth-order valence-electron chi connectivity index (χ4n) is 3.94. The van der Waals surface area contributed by atoms with Gasteiger partial charge in [0.05, 0.1) is 29.8 Å². The fraction of sp³-hybridized carbons (Fsp3) is 0.364. The van der Waals surface area contributed by atoms with Gasteiger partial charge in [-0.15, -0.1) is 0 Å². The summed E-state index contributed by atoms with van der Waals surface area (Å²) in [5.74, 6) is 0.590. The van der Waals surface area contributed by atoms with Crippen molar-refractivity contribution in [3.05, 3.63) is 42.1 Å². The molecular formula is C22H21F4N7O. The van der Waals surface area contributed by atoms with Crippen LogP contribution in [-0.4, -0.2) is 67.8 Å². The number of halogens is 4. The van der Waals surface area contributed by atoms with Crippen molar-refractivity contribution in [3.63, 3.8) is 0 Å². The van der Waals surface area contributed by atoms with Crippen LogP contribution in [0.5, 0.6) is 0 Å². The van der Waals surface area contributed by atoms with Crippen LogP contribution in [0.1, 0.15) is 12.1 Å². The molecule has 8 nitrogen and oxygen atoms in total. The third kappa shape index (κ3) is 4.20. The van der Waals surface area contributed by atoms with E-state index in [1.165, 1.54) is 10.6 Å². The Balaban J connectivity index is 1.58. The van der Waals surface area contributed by atoms with E-state index in [9.17, 15) is 22.7 Å². The number of rotatable bonds is 5. The third-order valence-electron chi connectivity index (χ3n) is 5.71. The van der Waals surface area contributed by atoms with Crippen LogP contribution in [0, 0.1) is 6.92 Å². The zero-order chi connectivity index (χ0) is 24.0. The van der Waals surface area contributed by atoms with Crippen molar-refractivity contribution in [3.8, 4) is 11.4 Å². The highest BCUT2D eigenvalue weighted by atomic mass is 19.4. The van der Waals surface area contributed by atoms with E-state index in [-0.39, 0.29) is 12.4 Å². The van der Waals surface area contributed by atoms with Gasteiger partial charge in [-0.2, -0.15) is 22.8 Å². The summed E-state index contributed by atoms with van der Waals surface area (Å²) < 4.78 is 53.7. The smallest absolute Gasteiger partial charge is 0.382 e. The van der Waals surface area contributed by atoms with Crippen molar-refractivity contribution >= 4 is 28.3 Å². The first-order chi connectivity index (χ1) is 16.2. The lowest BCUT2D eigenvalue weighted by Crippen LogP contribution is -2.35. The summed E-state index contributed by atoms with van der Waals surface area (Å²) in [5.41, 5.74) is 3.32. The number of para-hydroxylation sites is 2. The standard InChI is InChI=1S/C22H21F4N7O/c1-12-21(29-15-5-3-2-4-14(15)28-12)16-8-20-30-19(32-7-6-13(23)11-32)9-18(33(20)31-16)27-10-17(34)22(24,25)26/h2-5,8-9,13,17,27,34H,6-7,10-11H2,1H3/t13-,17+/m1/s1. The molecule has 0 bridgehead atoms. The summed E-state index contributed by atoms with van der Waals surface area (Å²) in [4.78, 5) is 15.5. The summed E-state index contributed by atoms with van der Waals surface area (Å²) >= 11 is 0. The first-order valence-corrected chi connectivity index (χ1v) is 10.7. The number of hydrogen-bond acceptors (Lipinski definition) is 7. The molecule has 0 saturated carbocycles. The van der Waals surface area contributed by atoms with Crippen LogP contribution < -0.4 is 10.2 Å². The second-order valence-electron chi connectivity index (χ2n) is 8.22. The minimum atomic E-state index is -4.77. The highest BCUT2D eigenvalue weighted by Crippen LogP contribution is 2.29. The van der Waals surface area contributed by atoms with E-state index < -0.39 is 25.0 Å². The summed E-state index contributed by atoms with van der Waals surface area (Å²) in [6.07, 6.45) is -7.99. The van der Waals surface area contributed by atoms with Crippen LogP contribution in [0.4, 0.5) is 29.2 Å². The largest absolute Gasteiger partial charge is 0.416 e. The lowest BCUT2D eigenvalue weighted by molar-refractivity contribution is -0.198. The van der Waals surface area contributed by atoms with Crippen LogP contribution >= 0.6 is 0 Å². The van der Waals surface area contributed by atoms with E-state index in [2.05, 4.69) is 25.4 Å². The van der Waals surface area contributed by atoms with Crippen LogP contribution in [0.15, 0.2) is 36.4 Å². The van der Waals surface area contributed by atoms with Gasteiger partial charge in [0.1, 0.15) is 29.2 Å². The maximum Gasteiger partial charge on any atom is 0.416 e. The van der Waals surface area contributed by atoms with Crippen molar-refractivity contribution in [2.24, 2.45) is 0 Å². The van der Waals surface area contributed by atoms with Gasteiger partial charge in [0.25, 0.3) is 0 Å². The second kappa shape index (κ2) is 8.35. The lowest BCUT2D eigenvalue weighted by Gasteiger charge is -2.20. The average Bonchev–Trinajstić information content (AvgIpc) is 3.42. The molecule has 0 spiro atoms. The summed E-state index contributed by atoms with van der Waals surface area (Å²) in [6, 6.07) is 10.5. The van der Waals surface area contributed by atoms with E-state index in [1.807, 2.05) is 24.3 Å². The Labute approximate surface area is 191 Å². The molecule has 0 unspecified atom stereocenters. The topological polar surface area (TPSA) is 91.5 Å². The molecule has 0 amide bonds. The maximum absolute atomic E-state index is 13.8. The van der Waals surface area contributed by atoms with Crippen LogP contribution in [0.2, 0.25) is 0 Å². The molecular weight excluding hydrogens is 454 g/mol. The van der Waals surface area contributed by atoms with Gasteiger partial charge < -0.3 is 15.3 Å². The Morgan fingerprint density at radius 2 is 1.88 bits per heavy atom. The number of fused-ring (bicyclic) bond motifs is 2. The maximum atomic E-state index is 13.8. The van der Waals surface area contributed by atoms with E-state index >= 15 is 0 Å². The molecule has 1 aromatic carbocycles. The fourth-order valence-corrected chi connectivity index (χ4v) is 3.94. The molecule has 1 aliphatic rings. The Kier molecular flexibility index (Phi) is 5.47. The normalized spacial score (nSPS) is 17.6. The quantitative estimate of drug-likeness (QED) is 0.427. The van der Waals surface area contributed by atoms with Crippen LogP contribution in [0.25, 0.3) is 28.1 Å². The van der Waals surface area contributed by atoms with Crippen molar-refractivity contribution in [1.82, 2.24) is 24.6 Å². The van der Waals surface area contributed by atoms with E-state index in [4.69, 9.17) is 0 Å². The number of nitrogens with one attached hydrogen (secondary N) is 1. The highest BCUT2D eigenvalue weighted by Gasteiger charge is 2.38. The second-order valence-corrected chi connectivity index (χ2v) is 8.22. The molecule has 1 aliphatic heterocycles. The van der Waals surface area contributed by atoms with E-state index in [0.29, 0.717) is 47.0 Å². The first-order valence-electron chi connectivity index (χ1n) is 10.7. The Morgan fingerprint density at radius 3 is 2.56 bits per heavy atom. The number of aromatic nitrogens is 5. The molecule has 4 aromatic rings. The van der Waals surface area contributed by atoms with Gasteiger partial charge >= 0.3 is 6.18 Å². The van der Waals surface area contributed by atoms with Gasteiger partial charge in [0.2, 0.25) is 0 Å². The van der Waals surface area contributed by atoms with Crippen molar-refractivity contribution in [1.29, 1.82) is 0 Å². The molecule has 1 saturated heterocycles. The number of nitrogens with zero attached hydrogens (tertiary/aromatic N) is 6. The number of aryl methyl sites for hydroxylation is 1. The number of anilines is 2. The highest BCUT2D eigenvalue weighted by molar-refractivity contribution is 5.78. The number of aliphatic hydroxyl groups excluding tert-OH is 1. The van der Waals surface area contributed by atoms with Gasteiger partial charge in [-0.3, -0.25) is 0 Å². The molecule has 0 radical (unpaired) electrons. The summed E-state index contributed by atoms with van der Waals surface area (Å²) in [7, 11) is 0. The molecule has 0 aliphatic carbocycles. The number of alkyl halides is 4. The lowest BCUT2D eigenvalue weighted by atomic mass is 10.2. The average molecular weight is 475 g/mol. The zero-order valence-corrected chi connectivity index (χ0v) is 18.1. The zero-order valence-electron chi connectivity index (χ0n) is 18.1. The van der Waals surface area contributed by atoms with E-state index in [0.717, 1.165) is 5.52 Å². The predicted octanol–water partition coefficient (Wildman–Crippen LogP) is 3.53. The van der Waals surface area contributed by atoms with Crippen LogP contribution in [0.3, 0.4) is 0 Å². The minimum Gasteiger partial charge on any atom is -0.382 e. The minimum absolute atomic E-state index is 0.143. The molecule has 178 valence electrons. The molecule has 1 fully saturated rings. The van der Waals surface area contributed by atoms with Crippen molar-refractivity contribution in [2.75, 3.05) is 29.9 Å². The molecule has 3 aromatic heterocycles. The van der Waals surface area contributed by atoms with Gasteiger partial charge in [0, 0.05) is 18.7 Å². The van der Waals surface area contributed by atoms with Crippen molar-refractivity contribution in [2.45, 2.75) is 31.8 Å². The Hall–Kier alpha value is -3.54. The molecule has 34 heavy (non-hydrogen) atoms. The molecule has 12 heteroatoms. The van der Waals surface area contributed by atoms with E-state index in [1.54, 1.807) is 17.9 Å². The summed E-state index contributed by atoms with van der Waals surface area (Å²) in [6.45, 7) is 1.59. The molecule has 4 heterocycles. The number of aliphatic hydroxyl groups is 1. The van der Waals surface area contributed by atoms with Gasteiger partial charge in [0.15, 0.2) is 11.8 Å². The molecule has 2 N–H and O–H groups in total. The first kappa shape index (κ1) is 22.3. The molecule has 2 atom stereocenters. The Morgan fingerprint density at radius 1 is 1.15 bits per heavy atom. The number of hydrogen-bond donors (Lipinski definition) is 2.